The summed E-state index contributed by atoms with van der Waals surface area (Å²) in [6, 6.07) is 12.6. The van der Waals surface area contributed by atoms with E-state index in [-0.39, 0.29) is 34.9 Å². The second-order valence-electron chi connectivity index (χ2n) is 11.3. The van der Waals surface area contributed by atoms with Crippen LogP contribution in [0.5, 0.6) is 5.75 Å². The first-order valence-corrected chi connectivity index (χ1v) is 14.3. The molecule has 0 radical (unpaired) electrons. The van der Waals surface area contributed by atoms with Crippen molar-refractivity contribution in [2.45, 2.75) is 37.5 Å². The summed E-state index contributed by atoms with van der Waals surface area (Å²) in [5, 5.41) is 14.4. The maximum atomic E-state index is 13.8. The van der Waals surface area contributed by atoms with Crippen LogP contribution in [0.2, 0.25) is 0 Å². The third-order valence-corrected chi connectivity index (χ3v) is 8.16. The largest absolute Gasteiger partial charge is 0.487 e. The molecule has 1 saturated carbocycles. The van der Waals surface area contributed by atoms with E-state index in [2.05, 4.69) is 15.0 Å². The maximum Gasteiger partial charge on any atom is 0.417 e. The molecule has 8 nitrogen and oxygen atoms in total. The minimum absolute atomic E-state index is 0.0126. The standard InChI is InChI=1S/C32H28F3N3O5/c33-32(34,35)25-4-2-1-3-22(25)29-23(30(43-37-29)19-6-7-19)9-5-18-15-38(16-18)20-8-10-26-24(13-20)28(14-27(36-26)31(39)40)42-21-11-12-41-17-21/h1-5,8-10,13-14,18-19,21H,6-7,11-12,15-17H2,(H,39,40)/b9-5+/t21-/m0/s1. The molecule has 2 aliphatic heterocycles. The fourth-order valence-electron chi connectivity index (χ4n) is 5.69. The number of halogens is 3. The minimum Gasteiger partial charge on any atom is -0.487 e. The van der Waals surface area contributed by atoms with Crippen molar-refractivity contribution in [1.82, 2.24) is 10.1 Å². The number of hydrogen-bond acceptors (Lipinski definition) is 7. The molecule has 0 unspecified atom stereocenters. The summed E-state index contributed by atoms with van der Waals surface area (Å²) in [4.78, 5) is 18.1. The monoisotopic (exact) mass is 591 g/mol. The summed E-state index contributed by atoms with van der Waals surface area (Å²) < 4.78 is 58.5. The van der Waals surface area contributed by atoms with Crippen molar-refractivity contribution in [3.63, 3.8) is 0 Å². The number of aromatic carboxylic acids is 1. The smallest absolute Gasteiger partial charge is 0.417 e. The van der Waals surface area contributed by atoms with Gasteiger partial charge in [-0.25, -0.2) is 9.78 Å². The molecule has 4 heterocycles. The van der Waals surface area contributed by atoms with Crippen LogP contribution in [-0.2, 0) is 10.9 Å². The molecule has 43 heavy (non-hydrogen) atoms. The van der Waals surface area contributed by atoms with Gasteiger partial charge in [0, 0.05) is 59.6 Å². The molecule has 2 saturated heterocycles. The van der Waals surface area contributed by atoms with Gasteiger partial charge in [0.05, 0.1) is 24.3 Å². The van der Waals surface area contributed by atoms with E-state index in [0.29, 0.717) is 48.9 Å². The highest BCUT2D eigenvalue weighted by Gasteiger charge is 2.37. The number of carbonyl (C=O) groups is 1. The molecule has 2 aromatic heterocycles. The molecule has 1 N–H and O–H groups in total. The van der Waals surface area contributed by atoms with Gasteiger partial charge in [0.25, 0.3) is 0 Å². The number of alkyl halides is 3. The quantitative estimate of drug-likeness (QED) is 0.239. The van der Waals surface area contributed by atoms with E-state index in [9.17, 15) is 23.1 Å². The van der Waals surface area contributed by atoms with Crippen LogP contribution in [0.25, 0.3) is 28.2 Å². The number of hydrogen-bond donors (Lipinski definition) is 1. The van der Waals surface area contributed by atoms with Gasteiger partial charge >= 0.3 is 12.1 Å². The van der Waals surface area contributed by atoms with Crippen LogP contribution >= 0.6 is 0 Å². The minimum atomic E-state index is -4.51. The lowest BCUT2D eigenvalue weighted by molar-refractivity contribution is -0.137. The lowest BCUT2D eigenvalue weighted by atomic mass is 9.95. The van der Waals surface area contributed by atoms with Gasteiger partial charge in [-0.05, 0) is 37.1 Å². The zero-order valence-electron chi connectivity index (χ0n) is 23.0. The summed E-state index contributed by atoms with van der Waals surface area (Å²) >= 11 is 0. The summed E-state index contributed by atoms with van der Waals surface area (Å²) in [5.41, 5.74) is 1.49. The number of rotatable bonds is 8. The third kappa shape index (κ3) is 5.45. The molecular weight excluding hydrogens is 563 g/mol. The second kappa shape index (κ2) is 10.7. The highest BCUT2D eigenvalue weighted by atomic mass is 19.4. The molecule has 222 valence electrons. The predicted molar refractivity (Wildman–Crippen MR) is 152 cm³/mol. The maximum absolute atomic E-state index is 13.8. The molecule has 4 aromatic rings. The Morgan fingerprint density at radius 3 is 2.63 bits per heavy atom. The Labute approximate surface area is 244 Å². The Bertz CT molecular complexity index is 1720. The number of carboxylic acid groups (broad SMARTS) is 1. The van der Waals surface area contributed by atoms with Crippen LogP contribution in [0, 0.1) is 5.92 Å². The molecule has 11 heteroatoms. The molecule has 0 spiro atoms. The average Bonchev–Trinajstić information content (AvgIpc) is 3.51. The first-order chi connectivity index (χ1) is 20.7. The number of carboxylic acids is 1. The number of aromatic nitrogens is 2. The lowest BCUT2D eigenvalue weighted by Gasteiger charge is -2.40. The van der Waals surface area contributed by atoms with Gasteiger partial charge in [-0.15, -0.1) is 0 Å². The van der Waals surface area contributed by atoms with Crippen molar-refractivity contribution in [1.29, 1.82) is 0 Å². The number of nitrogens with zero attached hydrogens (tertiary/aromatic N) is 3. The van der Waals surface area contributed by atoms with Gasteiger partial charge < -0.3 is 24.0 Å². The second-order valence-corrected chi connectivity index (χ2v) is 11.3. The van der Waals surface area contributed by atoms with Crippen molar-refractivity contribution in [2.24, 2.45) is 5.92 Å². The molecule has 1 aliphatic carbocycles. The van der Waals surface area contributed by atoms with Crippen molar-refractivity contribution in [3.8, 4) is 17.0 Å². The third-order valence-electron chi connectivity index (χ3n) is 8.16. The SMILES string of the molecule is O=C(O)c1cc(O[C@H]2CCOC2)c2cc(N3CC(/C=C/c4c(-c5ccccc5C(F)(F)F)noc4C4CC4)C3)ccc2n1. The number of ether oxygens (including phenoxy) is 2. The Morgan fingerprint density at radius 1 is 1.09 bits per heavy atom. The number of pyridine rings is 1. The highest BCUT2D eigenvalue weighted by Crippen LogP contribution is 2.46. The average molecular weight is 592 g/mol. The number of anilines is 1. The molecule has 3 fully saturated rings. The molecular formula is C32H28F3N3O5. The number of benzene rings is 2. The van der Waals surface area contributed by atoms with Crippen molar-refractivity contribution in [2.75, 3.05) is 31.2 Å². The predicted octanol–water partition coefficient (Wildman–Crippen LogP) is 6.80. The van der Waals surface area contributed by atoms with Gasteiger partial charge in [-0.3, -0.25) is 0 Å². The topological polar surface area (TPSA) is 97.9 Å². The van der Waals surface area contributed by atoms with E-state index in [4.69, 9.17) is 14.0 Å². The van der Waals surface area contributed by atoms with Crippen LogP contribution in [0.3, 0.4) is 0 Å². The number of fused-ring (bicyclic) bond motifs is 1. The Balaban J connectivity index is 1.12. The van der Waals surface area contributed by atoms with Gasteiger partial charge in [0.15, 0.2) is 5.69 Å². The zero-order chi connectivity index (χ0) is 29.7. The lowest BCUT2D eigenvalue weighted by Crippen LogP contribution is -2.45. The van der Waals surface area contributed by atoms with Gasteiger partial charge in [-0.2, -0.15) is 13.2 Å². The van der Waals surface area contributed by atoms with E-state index >= 15 is 0 Å². The molecule has 1 atom stereocenters. The van der Waals surface area contributed by atoms with Gasteiger partial charge in [0.1, 0.15) is 23.3 Å². The first kappa shape index (κ1) is 27.5. The van der Waals surface area contributed by atoms with Gasteiger partial charge in [-0.1, -0.05) is 35.5 Å². The zero-order valence-corrected chi connectivity index (χ0v) is 23.0. The molecule has 7 rings (SSSR count). The molecule has 3 aliphatic rings. The van der Waals surface area contributed by atoms with Crippen LogP contribution < -0.4 is 9.64 Å². The van der Waals surface area contributed by atoms with Crippen molar-refractivity contribution >= 4 is 28.6 Å². The van der Waals surface area contributed by atoms with E-state index < -0.39 is 17.7 Å². The fraction of sp³-hybridized carbons (Fsp3) is 0.344. The summed E-state index contributed by atoms with van der Waals surface area (Å²) in [7, 11) is 0. The Kier molecular flexibility index (Phi) is 6.84. The van der Waals surface area contributed by atoms with Crippen LogP contribution in [0.15, 0.2) is 59.1 Å². The Hall–Kier alpha value is -4.38. The summed E-state index contributed by atoms with van der Waals surface area (Å²) in [5.74, 6) is 0.323. The van der Waals surface area contributed by atoms with Crippen LogP contribution in [0.1, 0.15) is 52.6 Å². The first-order valence-electron chi connectivity index (χ1n) is 14.3. The molecule has 2 aromatic carbocycles. The van der Waals surface area contributed by atoms with E-state index in [1.54, 1.807) is 12.1 Å². The Morgan fingerprint density at radius 2 is 1.91 bits per heavy atom. The van der Waals surface area contributed by atoms with Crippen molar-refractivity contribution in [3.05, 3.63) is 77.2 Å². The van der Waals surface area contributed by atoms with Crippen LogP contribution in [-0.4, -0.2) is 53.6 Å². The normalized spacial score (nSPS) is 19.3. The van der Waals surface area contributed by atoms with Gasteiger partial charge in [0.2, 0.25) is 0 Å². The summed E-state index contributed by atoms with van der Waals surface area (Å²) in [6.07, 6.45) is 1.80. The molecule has 0 amide bonds. The molecule has 0 bridgehead atoms. The van der Waals surface area contributed by atoms with E-state index in [1.165, 1.54) is 18.2 Å². The van der Waals surface area contributed by atoms with Crippen molar-refractivity contribution < 1.29 is 37.1 Å². The van der Waals surface area contributed by atoms with E-state index in [0.717, 1.165) is 36.4 Å². The fourth-order valence-corrected chi connectivity index (χ4v) is 5.69. The summed E-state index contributed by atoms with van der Waals surface area (Å²) in [6.45, 7) is 2.45. The van der Waals surface area contributed by atoms with E-state index in [1.807, 2.05) is 24.3 Å². The highest BCUT2D eigenvalue weighted by molar-refractivity contribution is 5.94. The van der Waals surface area contributed by atoms with Crippen LogP contribution in [0.4, 0.5) is 18.9 Å².